The number of rotatable bonds is 5. The van der Waals surface area contributed by atoms with Crippen LogP contribution in [0.5, 0.6) is 0 Å². The third-order valence-corrected chi connectivity index (χ3v) is 5.55. The topological polar surface area (TPSA) is 91.9 Å². The largest absolute Gasteiger partial charge is 0.451 e. The van der Waals surface area contributed by atoms with E-state index in [9.17, 15) is 14.9 Å². The van der Waals surface area contributed by atoms with Gasteiger partial charge in [-0.15, -0.1) is 0 Å². The van der Waals surface area contributed by atoms with Gasteiger partial charge in [-0.2, -0.15) is 0 Å². The second-order valence-electron chi connectivity index (χ2n) is 9.30. The van der Waals surface area contributed by atoms with E-state index in [-0.39, 0.29) is 21.9 Å². The molecule has 4 rings (SSSR count). The summed E-state index contributed by atoms with van der Waals surface area (Å²) in [5.74, 6) is 0.237. The highest BCUT2D eigenvalue weighted by atomic mass is 16.6. The zero-order valence-corrected chi connectivity index (χ0v) is 18.6. The molecule has 1 aliphatic heterocycles. The summed E-state index contributed by atoms with van der Waals surface area (Å²) < 4.78 is 5.72. The fraction of sp³-hybridized carbons (Fsp3) is 0.375. The number of nitrogens with zero attached hydrogens (tertiary/aromatic N) is 3. The van der Waals surface area contributed by atoms with Crippen molar-refractivity contribution < 1.29 is 14.1 Å². The molecule has 32 heavy (non-hydrogen) atoms. The van der Waals surface area contributed by atoms with Gasteiger partial charge in [0, 0.05) is 49.9 Å². The molecule has 1 saturated heterocycles. The molecule has 0 spiro atoms. The third kappa shape index (κ3) is 4.69. The molecule has 2 aromatic carbocycles. The summed E-state index contributed by atoms with van der Waals surface area (Å²) >= 11 is 0. The predicted molar refractivity (Wildman–Crippen MR) is 125 cm³/mol. The first-order valence-corrected chi connectivity index (χ1v) is 10.8. The van der Waals surface area contributed by atoms with Gasteiger partial charge in [0.1, 0.15) is 11.3 Å². The molecule has 0 radical (unpaired) electrons. The summed E-state index contributed by atoms with van der Waals surface area (Å²) in [5, 5.41) is 15.6. The Labute approximate surface area is 186 Å². The maximum atomic E-state index is 12.9. The summed E-state index contributed by atoms with van der Waals surface area (Å²) in [6.07, 6.45) is 0. The number of anilines is 2. The van der Waals surface area contributed by atoms with E-state index in [1.807, 2.05) is 30.3 Å². The van der Waals surface area contributed by atoms with Crippen molar-refractivity contribution in [2.75, 3.05) is 42.9 Å². The molecule has 2 heterocycles. The van der Waals surface area contributed by atoms with Crippen LogP contribution in [0, 0.1) is 15.5 Å². The molecule has 168 valence electrons. The van der Waals surface area contributed by atoms with Crippen LogP contribution in [0.4, 0.5) is 17.1 Å². The highest BCUT2D eigenvalue weighted by Crippen LogP contribution is 2.31. The number of amides is 1. The van der Waals surface area contributed by atoms with Gasteiger partial charge < -0.3 is 19.5 Å². The normalized spacial score (nSPS) is 14.6. The second kappa shape index (κ2) is 8.53. The van der Waals surface area contributed by atoms with Crippen LogP contribution >= 0.6 is 0 Å². The number of nitro groups is 1. The van der Waals surface area contributed by atoms with Crippen molar-refractivity contribution >= 4 is 33.9 Å². The van der Waals surface area contributed by atoms with E-state index >= 15 is 0 Å². The number of hydrogen-bond acceptors (Lipinski definition) is 6. The lowest BCUT2D eigenvalue weighted by Gasteiger charge is -2.36. The Morgan fingerprint density at radius 1 is 1.09 bits per heavy atom. The van der Waals surface area contributed by atoms with Crippen LogP contribution < -0.4 is 10.2 Å². The van der Waals surface area contributed by atoms with E-state index in [1.165, 1.54) is 0 Å². The van der Waals surface area contributed by atoms with E-state index < -0.39 is 0 Å². The van der Waals surface area contributed by atoms with Gasteiger partial charge in [0.05, 0.1) is 4.92 Å². The molecule has 0 unspecified atom stereocenters. The first kappa shape index (κ1) is 21.7. The Morgan fingerprint density at radius 3 is 2.47 bits per heavy atom. The number of carbonyl (C=O) groups excluding carboxylic acids is 1. The molecule has 1 fully saturated rings. The van der Waals surface area contributed by atoms with Crippen LogP contribution in [-0.2, 0) is 0 Å². The number of nitrogens with one attached hydrogen (secondary N) is 1. The lowest BCUT2D eigenvalue weighted by molar-refractivity contribution is -0.384. The average molecular weight is 437 g/mol. The third-order valence-electron chi connectivity index (χ3n) is 5.55. The molecular formula is C24H28N4O4. The highest BCUT2D eigenvalue weighted by Gasteiger charge is 2.26. The molecule has 1 aliphatic rings. The fourth-order valence-electron chi connectivity index (χ4n) is 3.79. The van der Waals surface area contributed by atoms with Crippen molar-refractivity contribution in [1.82, 2.24) is 4.90 Å². The quantitative estimate of drug-likeness (QED) is 0.458. The van der Waals surface area contributed by atoms with Gasteiger partial charge in [-0.1, -0.05) is 39.0 Å². The SMILES string of the molecule is CC(C)(C)CNc1cc(N2CCN(C(=O)c3cc4ccccc4o3)CC2)ccc1[N+](=O)[O-]. The Kier molecular flexibility index (Phi) is 5.78. The second-order valence-corrected chi connectivity index (χ2v) is 9.30. The number of furan rings is 1. The Bertz CT molecular complexity index is 1110. The van der Waals surface area contributed by atoms with Gasteiger partial charge in [-0.3, -0.25) is 14.9 Å². The van der Waals surface area contributed by atoms with Crippen molar-refractivity contribution in [2.24, 2.45) is 5.41 Å². The van der Waals surface area contributed by atoms with Gasteiger partial charge >= 0.3 is 0 Å². The first-order valence-electron chi connectivity index (χ1n) is 10.8. The zero-order valence-electron chi connectivity index (χ0n) is 18.6. The lowest BCUT2D eigenvalue weighted by atomic mass is 9.97. The minimum absolute atomic E-state index is 0.00743. The highest BCUT2D eigenvalue weighted by molar-refractivity contribution is 5.96. The van der Waals surface area contributed by atoms with Crippen molar-refractivity contribution in [2.45, 2.75) is 20.8 Å². The van der Waals surface area contributed by atoms with Crippen LogP contribution in [0.2, 0.25) is 0 Å². The molecule has 1 amide bonds. The Balaban J connectivity index is 1.45. The average Bonchev–Trinajstić information content (AvgIpc) is 3.21. The first-order chi connectivity index (χ1) is 15.2. The number of piperazine rings is 1. The number of nitro benzene ring substituents is 1. The fourth-order valence-corrected chi connectivity index (χ4v) is 3.79. The lowest BCUT2D eigenvalue weighted by Crippen LogP contribution is -2.48. The Hall–Kier alpha value is -3.55. The van der Waals surface area contributed by atoms with Crippen LogP contribution in [0.1, 0.15) is 31.3 Å². The van der Waals surface area contributed by atoms with Gasteiger partial charge in [-0.05, 0) is 29.7 Å². The van der Waals surface area contributed by atoms with Gasteiger partial charge in [-0.25, -0.2) is 0 Å². The van der Waals surface area contributed by atoms with E-state index in [0.29, 0.717) is 49.8 Å². The number of carbonyl (C=O) groups is 1. The van der Waals surface area contributed by atoms with Crippen molar-refractivity contribution in [1.29, 1.82) is 0 Å². The van der Waals surface area contributed by atoms with Gasteiger partial charge in [0.15, 0.2) is 5.76 Å². The number of fused-ring (bicyclic) bond motifs is 1. The molecule has 0 aliphatic carbocycles. The van der Waals surface area contributed by atoms with Crippen LogP contribution in [0.15, 0.2) is 52.9 Å². The van der Waals surface area contributed by atoms with E-state index in [0.717, 1.165) is 11.1 Å². The number of hydrogen-bond donors (Lipinski definition) is 1. The standard InChI is InChI=1S/C24H28N4O4/c1-24(2,3)16-25-19-15-18(8-9-20(19)28(30)31)26-10-12-27(13-11-26)23(29)22-14-17-6-4-5-7-21(17)32-22/h4-9,14-15,25H,10-13,16H2,1-3H3. The molecule has 0 bridgehead atoms. The van der Waals surface area contributed by atoms with E-state index in [4.69, 9.17) is 4.42 Å². The molecule has 8 heteroatoms. The summed E-state index contributed by atoms with van der Waals surface area (Å²) in [7, 11) is 0. The van der Waals surface area contributed by atoms with Crippen LogP contribution in [0.25, 0.3) is 11.0 Å². The molecule has 8 nitrogen and oxygen atoms in total. The van der Waals surface area contributed by atoms with Crippen molar-refractivity contribution in [3.8, 4) is 0 Å². The summed E-state index contributed by atoms with van der Waals surface area (Å²) in [5.41, 5.74) is 2.19. The Morgan fingerprint density at radius 2 is 1.81 bits per heavy atom. The molecule has 1 N–H and O–H groups in total. The van der Waals surface area contributed by atoms with E-state index in [2.05, 4.69) is 31.0 Å². The minimum Gasteiger partial charge on any atom is -0.451 e. The minimum atomic E-state index is -0.362. The van der Waals surface area contributed by atoms with Gasteiger partial charge in [0.25, 0.3) is 11.6 Å². The smallest absolute Gasteiger partial charge is 0.292 e. The van der Waals surface area contributed by atoms with Crippen LogP contribution in [0.3, 0.4) is 0 Å². The van der Waals surface area contributed by atoms with Crippen molar-refractivity contribution in [3.05, 3.63) is 64.4 Å². The number of benzene rings is 2. The van der Waals surface area contributed by atoms with E-state index in [1.54, 1.807) is 23.1 Å². The van der Waals surface area contributed by atoms with Crippen molar-refractivity contribution in [3.63, 3.8) is 0 Å². The molecule has 0 atom stereocenters. The van der Waals surface area contributed by atoms with Gasteiger partial charge in [0.2, 0.25) is 0 Å². The molecule has 0 saturated carbocycles. The maximum absolute atomic E-state index is 12.9. The monoisotopic (exact) mass is 436 g/mol. The summed E-state index contributed by atoms with van der Waals surface area (Å²) in [6, 6.07) is 14.5. The molecule has 3 aromatic rings. The summed E-state index contributed by atoms with van der Waals surface area (Å²) in [6.45, 7) is 9.24. The molecule has 1 aromatic heterocycles. The summed E-state index contributed by atoms with van der Waals surface area (Å²) in [4.78, 5) is 27.9. The predicted octanol–water partition coefficient (Wildman–Crippen LogP) is 4.76. The molecular weight excluding hydrogens is 408 g/mol. The maximum Gasteiger partial charge on any atom is 0.292 e. The number of para-hydroxylation sites is 1. The zero-order chi connectivity index (χ0) is 22.9. The van der Waals surface area contributed by atoms with Crippen LogP contribution in [-0.4, -0.2) is 48.5 Å².